The summed E-state index contributed by atoms with van der Waals surface area (Å²) >= 11 is 0. The van der Waals surface area contributed by atoms with Crippen LogP contribution in [0.5, 0.6) is 0 Å². The van der Waals surface area contributed by atoms with E-state index < -0.39 is 5.97 Å². The van der Waals surface area contributed by atoms with Crippen molar-refractivity contribution in [2.45, 2.75) is 0 Å². The fourth-order valence-electron chi connectivity index (χ4n) is 2.69. The Morgan fingerprint density at radius 3 is 2.44 bits per heavy atom. The maximum absolute atomic E-state index is 12.6. The monoisotopic (exact) mass is 369 g/mol. The molecule has 0 spiro atoms. The zero-order valence-electron chi connectivity index (χ0n) is 14.8. The molecule has 140 valence electrons. The second-order valence-electron chi connectivity index (χ2n) is 5.92. The second kappa shape index (κ2) is 8.26. The van der Waals surface area contributed by atoms with Crippen molar-refractivity contribution in [1.82, 2.24) is 19.8 Å². The lowest BCUT2D eigenvalue weighted by Crippen LogP contribution is -2.48. The summed E-state index contributed by atoms with van der Waals surface area (Å²) in [5, 5.41) is 3.07. The Morgan fingerprint density at radius 2 is 1.81 bits per heavy atom. The Labute approximate surface area is 156 Å². The van der Waals surface area contributed by atoms with Crippen LogP contribution >= 0.6 is 0 Å². The second-order valence-corrected chi connectivity index (χ2v) is 5.92. The van der Waals surface area contributed by atoms with Gasteiger partial charge in [0.25, 0.3) is 5.91 Å². The molecule has 1 aromatic heterocycles. The highest BCUT2D eigenvalue weighted by Gasteiger charge is 2.22. The summed E-state index contributed by atoms with van der Waals surface area (Å²) in [4.78, 5) is 46.3. The van der Waals surface area contributed by atoms with Crippen LogP contribution in [0.4, 0.5) is 11.5 Å². The normalized spacial score (nSPS) is 13.8. The van der Waals surface area contributed by atoms with Crippen LogP contribution < -0.4 is 5.32 Å². The van der Waals surface area contributed by atoms with E-state index in [4.69, 9.17) is 0 Å². The Morgan fingerprint density at radius 1 is 1.11 bits per heavy atom. The van der Waals surface area contributed by atoms with Gasteiger partial charge in [-0.3, -0.25) is 9.59 Å². The Hall–Kier alpha value is -3.49. The summed E-state index contributed by atoms with van der Waals surface area (Å²) in [5.74, 6) is -0.149. The number of ether oxygens (including phenoxy) is 1. The molecule has 3 rings (SSSR count). The fraction of sp³-hybridized carbons (Fsp3) is 0.278. The van der Waals surface area contributed by atoms with E-state index in [-0.39, 0.29) is 11.6 Å². The number of anilines is 2. The summed E-state index contributed by atoms with van der Waals surface area (Å²) in [7, 11) is 1.33. The summed E-state index contributed by atoms with van der Waals surface area (Å²) in [5.41, 5.74) is 1.42. The molecule has 2 aromatic rings. The summed E-state index contributed by atoms with van der Waals surface area (Å²) < 4.78 is 4.66. The van der Waals surface area contributed by atoms with Gasteiger partial charge >= 0.3 is 5.97 Å². The van der Waals surface area contributed by atoms with Crippen molar-refractivity contribution in [3.63, 3.8) is 0 Å². The van der Waals surface area contributed by atoms with E-state index in [1.54, 1.807) is 40.1 Å². The van der Waals surface area contributed by atoms with Crippen molar-refractivity contribution in [2.24, 2.45) is 0 Å². The molecule has 0 bridgehead atoms. The molecule has 0 unspecified atom stereocenters. The molecule has 0 atom stereocenters. The molecule has 1 aliphatic rings. The third-order valence-corrected chi connectivity index (χ3v) is 4.22. The van der Waals surface area contributed by atoms with E-state index in [1.807, 2.05) is 0 Å². The van der Waals surface area contributed by atoms with Gasteiger partial charge in [0, 0.05) is 37.9 Å². The number of rotatable bonds is 5. The van der Waals surface area contributed by atoms with Gasteiger partial charge in [0.2, 0.25) is 6.41 Å². The minimum Gasteiger partial charge on any atom is -0.465 e. The van der Waals surface area contributed by atoms with Crippen molar-refractivity contribution in [2.75, 3.05) is 38.6 Å². The van der Waals surface area contributed by atoms with Crippen LogP contribution in [0.1, 0.15) is 20.8 Å². The van der Waals surface area contributed by atoms with Crippen LogP contribution in [0, 0.1) is 0 Å². The van der Waals surface area contributed by atoms with Crippen LogP contribution in [0.3, 0.4) is 0 Å². The van der Waals surface area contributed by atoms with Gasteiger partial charge in [-0.05, 0) is 24.3 Å². The number of piperazine rings is 1. The van der Waals surface area contributed by atoms with Crippen LogP contribution in [-0.4, -0.2) is 71.3 Å². The number of nitrogens with one attached hydrogen (secondary N) is 1. The van der Waals surface area contributed by atoms with Gasteiger partial charge in [-0.2, -0.15) is 0 Å². The number of carbonyl (C=O) groups excluding carboxylic acids is 3. The topological polar surface area (TPSA) is 105 Å². The molecule has 1 fully saturated rings. The van der Waals surface area contributed by atoms with Crippen LogP contribution in [0.2, 0.25) is 0 Å². The van der Waals surface area contributed by atoms with Crippen molar-refractivity contribution in [1.29, 1.82) is 0 Å². The molecule has 9 heteroatoms. The van der Waals surface area contributed by atoms with Gasteiger partial charge in [-0.1, -0.05) is 0 Å². The standard InChI is InChI=1S/C18H19N5O4/c1-27-18(26)13-2-4-14(5-3-13)21-16-10-15(19-11-20-16)17(25)23-8-6-22(12-24)7-9-23/h2-5,10-12H,6-9H2,1H3,(H,19,20,21). The zero-order valence-corrected chi connectivity index (χ0v) is 14.8. The first-order valence-electron chi connectivity index (χ1n) is 8.37. The number of amides is 2. The smallest absolute Gasteiger partial charge is 0.337 e. The number of methoxy groups -OCH3 is 1. The molecular formula is C18H19N5O4. The number of carbonyl (C=O) groups is 3. The van der Waals surface area contributed by atoms with E-state index in [9.17, 15) is 14.4 Å². The van der Waals surface area contributed by atoms with Gasteiger partial charge in [0.15, 0.2) is 0 Å². The first-order valence-corrected chi connectivity index (χ1v) is 8.37. The molecule has 0 aliphatic carbocycles. The van der Waals surface area contributed by atoms with Crippen LogP contribution in [0.25, 0.3) is 0 Å². The molecule has 1 aliphatic heterocycles. The molecule has 27 heavy (non-hydrogen) atoms. The lowest BCUT2D eigenvalue weighted by Gasteiger charge is -2.32. The summed E-state index contributed by atoms with van der Waals surface area (Å²) in [6, 6.07) is 8.27. The molecule has 1 N–H and O–H groups in total. The average Bonchev–Trinajstić information content (AvgIpc) is 2.73. The Kier molecular flexibility index (Phi) is 5.60. The predicted molar refractivity (Wildman–Crippen MR) is 96.6 cm³/mol. The van der Waals surface area contributed by atoms with Gasteiger partial charge in [0.05, 0.1) is 12.7 Å². The summed E-state index contributed by atoms with van der Waals surface area (Å²) in [6.45, 7) is 1.97. The lowest BCUT2D eigenvalue weighted by atomic mass is 10.2. The average molecular weight is 369 g/mol. The summed E-state index contributed by atoms with van der Waals surface area (Å²) in [6.07, 6.45) is 2.11. The molecule has 2 heterocycles. The lowest BCUT2D eigenvalue weighted by molar-refractivity contribution is -0.119. The first-order chi connectivity index (χ1) is 13.1. The quantitative estimate of drug-likeness (QED) is 0.617. The van der Waals surface area contributed by atoms with Crippen molar-refractivity contribution < 1.29 is 19.1 Å². The van der Waals surface area contributed by atoms with Crippen molar-refractivity contribution in [3.05, 3.63) is 47.9 Å². The van der Waals surface area contributed by atoms with Gasteiger partial charge in [-0.25, -0.2) is 14.8 Å². The molecule has 0 radical (unpaired) electrons. The van der Waals surface area contributed by atoms with E-state index in [0.717, 1.165) is 6.41 Å². The largest absolute Gasteiger partial charge is 0.465 e. The Bertz CT molecular complexity index is 832. The van der Waals surface area contributed by atoms with Crippen LogP contribution in [0.15, 0.2) is 36.7 Å². The molecule has 1 saturated heterocycles. The number of aromatic nitrogens is 2. The number of esters is 1. The highest BCUT2D eigenvalue weighted by Crippen LogP contribution is 2.17. The third-order valence-electron chi connectivity index (χ3n) is 4.22. The zero-order chi connectivity index (χ0) is 19.2. The van der Waals surface area contributed by atoms with Gasteiger partial charge < -0.3 is 19.9 Å². The highest BCUT2D eigenvalue weighted by atomic mass is 16.5. The van der Waals surface area contributed by atoms with E-state index >= 15 is 0 Å². The number of hydrogen-bond acceptors (Lipinski definition) is 7. The van der Waals surface area contributed by atoms with Crippen molar-refractivity contribution in [3.8, 4) is 0 Å². The first kappa shape index (κ1) is 18.3. The predicted octanol–water partition coefficient (Wildman–Crippen LogP) is 0.921. The number of hydrogen-bond donors (Lipinski definition) is 1. The molecule has 0 saturated carbocycles. The maximum atomic E-state index is 12.6. The maximum Gasteiger partial charge on any atom is 0.337 e. The molecule has 2 amide bonds. The molecule has 9 nitrogen and oxygen atoms in total. The van der Waals surface area contributed by atoms with E-state index in [0.29, 0.717) is 43.2 Å². The minimum absolute atomic E-state index is 0.202. The number of nitrogens with zero attached hydrogens (tertiary/aromatic N) is 4. The molecule has 1 aromatic carbocycles. The molecular weight excluding hydrogens is 350 g/mol. The minimum atomic E-state index is -0.411. The van der Waals surface area contributed by atoms with Crippen LogP contribution in [-0.2, 0) is 9.53 Å². The van der Waals surface area contributed by atoms with Crippen molar-refractivity contribution >= 4 is 29.8 Å². The van der Waals surface area contributed by atoms with E-state index in [1.165, 1.54) is 13.4 Å². The number of benzene rings is 1. The fourth-order valence-corrected chi connectivity index (χ4v) is 2.69. The SMILES string of the molecule is COC(=O)c1ccc(Nc2cc(C(=O)N3CCN(C=O)CC3)ncn2)cc1. The third kappa shape index (κ3) is 4.38. The van der Waals surface area contributed by atoms with Gasteiger partial charge in [-0.15, -0.1) is 0 Å². The van der Waals surface area contributed by atoms with Gasteiger partial charge in [0.1, 0.15) is 17.8 Å². The highest BCUT2D eigenvalue weighted by molar-refractivity contribution is 5.93. The van der Waals surface area contributed by atoms with E-state index in [2.05, 4.69) is 20.0 Å². The Balaban J connectivity index is 1.67.